The molecule has 1 aliphatic rings. The summed E-state index contributed by atoms with van der Waals surface area (Å²) in [4.78, 5) is 7.00. The van der Waals surface area contributed by atoms with E-state index in [1.54, 1.807) is 0 Å². The highest BCUT2D eigenvalue weighted by atomic mass is 32.2. The van der Waals surface area contributed by atoms with Crippen molar-refractivity contribution in [3.63, 3.8) is 0 Å². The lowest BCUT2D eigenvalue weighted by atomic mass is 10.1. The Morgan fingerprint density at radius 2 is 2.11 bits per heavy atom. The molecule has 0 spiro atoms. The van der Waals surface area contributed by atoms with E-state index < -0.39 is 0 Å². The molecule has 4 heteroatoms. The maximum atomic E-state index is 4.78. The lowest BCUT2D eigenvalue weighted by molar-refractivity contribution is 0.379. The summed E-state index contributed by atoms with van der Waals surface area (Å²) in [5, 5.41) is 4.62. The molecule has 0 amide bonds. The van der Waals surface area contributed by atoms with E-state index in [2.05, 4.69) is 61.6 Å². The number of thioether (sulfide) groups is 1. The molecule has 0 aliphatic carbocycles. The van der Waals surface area contributed by atoms with Crippen molar-refractivity contribution in [2.75, 3.05) is 26.4 Å². The number of benzene rings is 1. The maximum Gasteiger partial charge on any atom is 0.157 e. The molecule has 0 bridgehead atoms. The average molecular weight is 277 g/mol. The van der Waals surface area contributed by atoms with Crippen LogP contribution in [0.1, 0.15) is 24.9 Å². The Hall–Kier alpha value is -1.00. The summed E-state index contributed by atoms with van der Waals surface area (Å²) in [5.41, 5.74) is 1.31. The predicted octanol–water partition coefficient (Wildman–Crippen LogP) is 2.76. The van der Waals surface area contributed by atoms with Gasteiger partial charge >= 0.3 is 0 Å². The Balaban J connectivity index is 1.86. The molecule has 0 saturated carbocycles. The molecule has 2 atom stereocenters. The first kappa shape index (κ1) is 14.4. The van der Waals surface area contributed by atoms with Gasteiger partial charge in [0, 0.05) is 11.8 Å². The third kappa shape index (κ3) is 4.55. The van der Waals surface area contributed by atoms with Gasteiger partial charge < -0.3 is 10.2 Å². The number of hydrogen-bond donors (Lipinski definition) is 1. The molecule has 1 heterocycles. The van der Waals surface area contributed by atoms with Crippen LogP contribution in [-0.2, 0) is 0 Å². The van der Waals surface area contributed by atoms with Crippen molar-refractivity contribution in [1.82, 2.24) is 10.2 Å². The molecule has 3 nitrogen and oxygen atoms in total. The van der Waals surface area contributed by atoms with E-state index in [0.717, 1.165) is 23.9 Å². The SMILES string of the molecule is CC(CCN(C)C)NC1=NC(c2ccccc2)CS1. The van der Waals surface area contributed by atoms with Gasteiger partial charge in [0.1, 0.15) is 0 Å². The number of hydrogen-bond acceptors (Lipinski definition) is 4. The second-order valence-electron chi connectivity index (χ2n) is 5.31. The Morgan fingerprint density at radius 1 is 1.37 bits per heavy atom. The smallest absolute Gasteiger partial charge is 0.157 e. The largest absolute Gasteiger partial charge is 0.362 e. The fourth-order valence-corrected chi connectivity index (χ4v) is 3.10. The first-order valence-electron chi connectivity index (χ1n) is 6.82. The van der Waals surface area contributed by atoms with E-state index in [0.29, 0.717) is 12.1 Å². The van der Waals surface area contributed by atoms with E-state index in [1.165, 1.54) is 5.56 Å². The van der Waals surface area contributed by atoms with Crippen LogP contribution in [0.25, 0.3) is 0 Å². The Kier molecular flexibility index (Phi) is 5.28. The van der Waals surface area contributed by atoms with Gasteiger partial charge in [0.05, 0.1) is 6.04 Å². The summed E-state index contributed by atoms with van der Waals surface area (Å²) in [5.74, 6) is 1.05. The zero-order valence-electron chi connectivity index (χ0n) is 12.0. The molecule has 1 aliphatic heterocycles. The Labute approximate surface area is 120 Å². The number of amidine groups is 1. The van der Waals surface area contributed by atoms with Crippen LogP contribution in [0.15, 0.2) is 35.3 Å². The Morgan fingerprint density at radius 3 is 2.79 bits per heavy atom. The average Bonchev–Trinajstić information content (AvgIpc) is 2.86. The van der Waals surface area contributed by atoms with Gasteiger partial charge in [0.2, 0.25) is 0 Å². The predicted molar refractivity (Wildman–Crippen MR) is 84.8 cm³/mol. The van der Waals surface area contributed by atoms with Crippen LogP contribution in [0.3, 0.4) is 0 Å². The van der Waals surface area contributed by atoms with Crippen LogP contribution >= 0.6 is 11.8 Å². The minimum atomic E-state index is 0.315. The maximum absolute atomic E-state index is 4.78. The third-order valence-electron chi connectivity index (χ3n) is 3.21. The van der Waals surface area contributed by atoms with Crippen LogP contribution < -0.4 is 5.32 Å². The molecule has 0 radical (unpaired) electrons. The minimum absolute atomic E-state index is 0.315. The van der Waals surface area contributed by atoms with Crippen LogP contribution in [0.5, 0.6) is 0 Å². The van der Waals surface area contributed by atoms with Gasteiger partial charge in [-0.05, 0) is 39.5 Å². The second kappa shape index (κ2) is 6.96. The molecule has 1 aromatic rings. The molecule has 1 aromatic carbocycles. The lowest BCUT2D eigenvalue weighted by Gasteiger charge is -2.17. The van der Waals surface area contributed by atoms with Gasteiger partial charge in [-0.3, -0.25) is 4.99 Å². The van der Waals surface area contributed by atoms with Crippen LogP contribution in [-0.4, -0.2) is 42.5 Å². The highest BCUT2D eigenvalue weighted by molar-refractivity contribution is 8.14. The molecule has 0 aromatic heterocycles. The van der Waals surface area contributed by atoms with Crippen molar-refractivity contribution in [2.45, 2.75) is 25.4 Å². The third-order valence-corrected chi connectivity index (χ3v) is 4.19. The first-order chi connectivity index (χ1) is 9.15. The van der Waals surface area contributed by atoms with Gasteiger partial charge in [0.15, 0.2) is 5.17 Å². The highest BCUT2D eigenvalue weighted by Gasteiger charge is 2.20. The molecule has 0 saturated heterocycles. The van der Waals surface area contributed by atoms with Gasteiger partial charge in [-0.15, -0.1) is 0 Å². The van der Waals surface area contributed by atoms with Crippen molar-refractivity contribution in [3.8, 4) is 0 Å². The van der Waals surface area contributed by atoms with Crippen LogP contribution in [0.4, 0.5) is 0 Å². The lowest BCUT2D eigenvalue weighted by Crippen LogP contribution is -2.32. The summed E-state index contributed by atoms with van der Waals surface area (Å²) in [7, 11) is 4.22. The summed E-state index contributed by atoms with van der Waals surface area (Å²) in [6.07, 6.45) is 1.14. The van der Waals surface area contributed by atoms with Crippen LogP contribution in [0.2, 0.25) is 0 Å². The second-order valence-corrected chi connectivity index (χ2v) is 6.32. The van der Waals surface area contributed by atoms with Gasteiger partial charge in [-0.1, -0.05) is 42.1 Å². The van der Waals surface area contributed by atoms with E-state index in [4.69, 9.17) is 4.99 Å². The van der Waals surface area contributed by atoms with Gasteiger partial charge in [0.25, 0.3) is 0 Å². The van der Waals surface area contributed by atoms with Crippen molar-refractivity contribution < 1.29 is 0 Å². The molecule has 0 fully saturated rings. The molecular formula is C15H23N3S. The first-order valence-corrected chi connectivity index (χ1v) is 7.80. The van der Waals surface area contributed by atoms with Crippen molar-refractivity contribution in [2.24, 2.45) is 4.99 Å². The molecule has 2 rings (SSSR count). The molecule has 104 valence electrons. The monoisotopic (exact) mass is 277 g/mol. The molecule has 2 unspecified atom stereocenters. The zero-order chi connectivity index (χ0) is 13.7. The molecular weight excluding hydrogens is 254 g/mol. The topological polar surface area (TPSA) is 27.6 Å². The molecule has 1 N–H and O–H groups in total. The quantitative estimate of drug-likeness (QED) is 0.897. The fraction of sp³-hybridized carbons (Fsp3) is 0.533. The number of aliphatic imine (C=N–C) groups is 1. The normalized spacial score (nSPS) is 20.4. The van der Waals surface area contributed by atoms with E-state index in [9.17, 15) is 0 Å². The van der Waals surface area contributed by atoms with E-state index in [1.807, 2.05) is 11.8 Å². The Bertz CT molecular complexity index is 417. The van der Waals surface area contributed by atoms with Gasteiger partial charge in [-0.2, -0.15) is 0 Å². The summed E-state index contributed by atoms with van der Waals surface area (Å²) < 4.78 is 0. The summed E-state index contributed by atoms with van der Waals surface area (Å²) in [6.45, 7) is 3.33. The molecule has 19 heavy (non-hydrogen) atoms. The van der Waals surface area contributed by atoms with Crippen molar-refractivity contribution >= 4 is 16.9 Å². The summed E-state index contributed by atoms with van der Waals surface area (Å²) >= 11 is 1.83. The van der Waals surface area contributed by atoms with E-state index in [-0.39, 0.29) is 0 Å². The number of nitrogens with one attached hydrogen (secondary N) is 1. The standard InChI is InChI=1S/C15H23N3S/c1-12(9-10-18(2)3)16-15-17-14(11-19-15)13-7-5-4-6-8-13/h4-8,12,14H,9-11H2,1-3H3,(H,16,17). The summed E-state index contributed by atoms with van der Waals surface area (Å²) in [6, 6.07) is 11.3. The number of nitrogens with zero attached hydrogens (tertiary/aromatic N) is 2. The fourth-order valence-electron chi connectivity index (χ4n) is 2.03. The number of rotatable bonds is 5. The highest BCUT2D eigenvalue weighted by Crippen LogP contribution is 2.29. The van der Waals surface area contributed by atoms with Crippen molar-refractivity contribution in [1.29, 1.82) is 0 Å². The minimum Gasteiger partial charge on any atom is -0.362 e. The van der Waals surface area contributed by atoms with Gasteiger partial charge in [-0.25, -0.2) is 0 Å². The van der Waals surface area contributed by atoms with Crippen molar-refractivity contribution in [3.05, 3.63) is 35.9 Å². The van der Waals surface area contributed by atoms with Crippen LogP contribution in [0, 0.1) is 0 Å². The van der Waals surface area contributed by atoms with E-state index >= 15 is 0 Å². The zero-order valence-corrected chi connectivity index (χ0v) is 12.8.